The molecule has 2 aliphatic heterocycles. The Morgan fingerprint density at radius 2 is 1.79 bits per heavy atom. The Hall–Kier alpha value is -2.79. The quantitative estimate of drug-likeness (QED) is 0.262. The van der Waals surface area contributed by atoms with Crippen molar-refractivity contribution in [2.45, 2.75) is 37.5 Å². The Bertz CT molecular complexity index is 1480. The number of carbonyl (C=O) groups is 1. The lowest BCUT2D eigenvalue weighted by Crippen LogP contribution is -2.37. The summed E-state index contributed by atoms with van der Waals surface area (Å²) < 4.78 is 49.1. The fraction of sp³-hybridized carbons (Fsp3) is 0.469. The van der Waals surface area contributed by atoms with E-state index in [0.29, 0.717) is 67.1 Å². The summed E-state index contributed by atoms with van der Waals surface area (Å²) in [7, 11) is -3.57. The monoisotopic (exact) mass is 611 g/mol. The van der Waals surface area contributed by atoms with Crippen LogP contribution >= 0.6 is 11.3 Å². The first kappa shape index (κ1) is 29.3. The Labute approximate surface area is 251 Å². The van der Waals surface area contributed by atoms with Crippen LogP contribution < -0.4 is 9.80 Å². The Balaban J connectivity index is 1.14. The summed E-state index contributed by atoms with van der Waals surface area (Å²) in [5.41, 5.74) is 2.21. The normalized spacial score (nSPS) is 22.2. The number of aryl methyl sites for hydroxylation is 1. The van der Waals surface area contributed by atoms with Gasteiger partial charge >= 0.3 is 0 Å². The van der Waals surface area contributed by atoms with E-state index >= 15 is 4.39 Å². The molecule has 3 fully saturated rings. The molecule has 6 rings (SSSR count). The first-order chi connectivity index (χ1) is 20.4. The first-order valence-corrected chi connectivity index (χ1v) is 17.3. The van der Waals surface area contributed by atoms with Gasteiger partial charge in [-0.1, -0.05) is 38.0 Å². The molecule has 1 aliphatic carbocycles. The number of unbranched alkanes of at least 4 members (excludes halogenated alkanes) is 2. The summed E-state index contributed by atoms with van der Waals surface area (Å²) in [5.74, 6) is 0.0247. The molecule has 2 unspecified atom stereocenters. The van der Waals surface area contributed by atoms with Gasteiger partial charge in [-0.15, -0.1) is 11.3 Å². The lowest BCUT2D eigenvalue weighted by molar-refractivity contribution is 0.0988. The fourth-order valence-electron chi connectivity index (χ4n) is 6.41. The van der Waals surface area contributed by atoms with Crippen molar-refractivity contribution in [3.05, 3.63) is 76.2 Å². The molecule has 2 atom stereocenters. The van der Waals surface area contributed by atoms with Crippen molar-refractivity contribution in [2.75, 3.05) is 55.7 Å². The van der Waals surface area contributed by atoms with E-state index < -0.39 is 10.0 Å². The number of morpholine rings is 1. The number of halogens is 1. The van der Waals surface area contributed by atoms with Gasteiger partial charge in [0.15, 0.2) is 0 Å². The van der Waals surface area contributed by atoms with Crippen LogP contribution in [-0.4, -0.2) is 64.6 Å². The molecule has 3 aliphatic rings. The number of piperidine rings is 1. The van der Waals surface area contributed by atoms with Gasteiger partial charge in [0.05, 0.1) is 28.7 Å². The zero-order chi connectivity index (χ0) is 29.3. The minimum absolute atomic E-state index is 0.156. The van der Waals surface area contributed by atoms with E-state index in [9.17, 15) is 13.2 Å². The minimum Gasteiger partial charge on any atom is -0.378 e. The SMILES string of the molecule is CCCCCc1ccc(S(=O)(=O)N2CC3C(CN(C(=O)c4cccs4)c4ccc(N5CCOCC5)c(F)c4)C3C2)cc1. The van der Waals surface area contributed by atoms with Crippen LogP contribution in [0.1, 0.15) is 41.4 Å². The van der Waals surface area contributed by atoms with E-state index in [1.807, 2.05) is 34.5 Å². The van der Waals surface area contributed by atoms with E-state index in [1.54, 1.807) is 33.5 Å². The third kappa shape index (κ3) is 6.00. The smallest absolute Gasteiger partial charge is 0.268 e. The van der Waals surface area contributed by atoms with Gasteiger partial charge in [-0.2, -0.15) is 4.31 Å². The Kier molecular flexibility index (Phi) is 8.68. The molecule has 224 valence electrons. The molecule has 0 spiro atoms. The molecule has 2 aromatic carbocycles. The maximum atomic E-state index is 15.3. The second-order valence-corrected chi connectivity index (χ2v) is 14.4. The number of sulfonamides is 1. The number of hydrogen-bond acceptors (Lipinski definition) is 6. The molecule has 2 saturated heterocycles. The molecular formula is C32H38FN3O4S2. The van der Waals surface area contributed by atoms with E-state index in [1.165, 1.54) is 23.8 Å². The molecular weight excluding hydrogens is 574 g/mol. The summed E-state index contributed by atoms with van der Waals surface area (Å²) in [6, 6.07) is 16.0. The minimum atomic E-state index is -3.57. The summed E-state index contributed by atoms with van der Waals surface area (Å²) >= 11 is 1.37. The van der Waals surface area contributed by atoms with Gasteiger partial charge in [0.25, 0.3) is 5.91 Å². The highest BCUT2D eigenvalue weighted by Crippen LogP contribution is 2.53. The lowest BCUT2D eigenvalue weighted by atomic mass is 10.1. The van der Waals surface area contributed by atoms with Crippen molar-refractivity contribution in [2.24, 2.45) is 17.8 Å². The van der Waals surface area contributed by atoms with Gasteiger partial charge in [-0.05, 0) is 77.9 Å². The number of nitrogens with zero attached hydrogens (tertiary/aromatic N) is 3. The predicted molar refractivity (Wildman–Crippen MR) is 164 cm³/mol. The van der Waals surface area contributed by atoms with Crippen molar-refractivity contribution in [3.63, 3.8) is 0 Å². The number of anilines is 2. The highest BCUT2D eigenvalue weighted by atomic mass is 32.2. The largest absolute Gasteiger partial charge is 0.378 e. The zero-order valence-corrected chi connectivity index (χ0v) is 25.6. The van der Waals surface area contributed by atoms with Gasteiger partial charge < -0.3 is 14.5 Å². The van der Waals surface area contributed by atoms with Crippen molar-refractivity contribution in [1.82, 2.24) is 4.31 Å². The van der Waals surface area contributed by atoms with Crippen molar-refractivity contribution in [1.29, 1.82) is 0 Å². The van der Waals surface area contributed by atoms with Gasteiger partial charge in [0.1, 0.15) is 5.82 Å². The van der Waals surface area contributed by atoms with Crippen LogP contribution in [0, 0.1) is 23.6 Å². The van der Waals surface area contributed by atoms with E-state index in [-0.39, 0.29) is 29.5 Å². The first-order valence-electron chi connectivity index (χ1n) is 14.9. The number of benzene rings is 2. The number of thiophene rings is 1. The molecule has 1 aromatic heterocycles. The number of hydrogen-bond donors (Lipinski definition) is 0. The molecule has 42 heavy (non-hydrogen) atoms. The summed E-state index contributed by atoms with van der Waals surface area (Å²) in [4.78, 5) is 18.2. The molecule has 0 radical (unpaired) electrons. The second kappa shape index (κ2) is 12.4. The van der Waals surface area contributed by atoms with Gasteiger partial charge in [-0.25, -0.2) is 12.8 Å². The van der Waals surface area contributed by atoms with Gasteiger partial charge in [0.2, 0.25) is 10.0 Å². The fourth-order valence-corrected chi connectivity index (χ4v) is 8.59. The summed E-state index contributed by atoms with van der Waals surface area (Å²) in [6.45, 7) is 5.87. The number of amides is 1. The highest BCUT2D eigenvalue weighted by Gasteiger charge is 2.58. The molecule has 10 heteroatoms. The molecule has 3 heterocycles. The topological polar surface area (TPSA) is 70.2 Å². The van der Waals surface area contributed by atoms with Gasteiger partial charge in [0, 0.05) is 38.4 Å². The van der Waals surface area contributed by atoms with Crippen LogP contribution in [0.15, 0.2) is 64.9 Å². The van der Waals surface area contributed by atoms with Crippen LogP contribution in [0.25, 0.3) is 0 Å². The number of fused-ring (bicyclic) bond motifs is 1. The number of rotatable bonds is 11. The van der Waals surface area contributed by atoms with Gasteiger partial charge in [-0.3, -0.25) is 4.79 Å². The molecule has 1 amide bonds. The van der Waals surface area contributed by atoms with E-state index in [2.05, 4.69) is 6.92 Å². The molecule has 1 saturated carbocycles. The van der Waals surface area contributed by atoms with E-state index in [0.717, 1.165) is 24.8 Å². The Morgan fingerprint density at radius 1 is 1.05 bits per heavy atom. The molecule has 3 aromatic rings. The second-order valence-electron chi connectivity index (χ2n) is 11.5. The van der Waals surface area contributed by atoms with Crippen LogP contribution in [-0.2, 0) is 21.2 Å². The highest BCUT2D eigenvalue weighted by molar-refractivity contribution is 7.89. The lowest BCUT2D eigenvalue weighted by Gasteiger charge is -2.30. The molecule has 7 nitrogen and oxygen atoms in total. The van der Waals surface area contributed by atoms with Crippen LogP contribution in [0.5, 0.6) is 0 Å². The number of ether oxygens (including phenoxy) is 1. The predicted octanol–water partition coefficient (Wildman–Crippen LogP) is 5.67. The molecule has 0 bridgehead atoms. The van der Waals surface area contributed by atoms with Crippen LogP contribution in [0.2, 0.25) is 0 Å². The maximum absolute atomic E-state index is 15.3. The third-order valence-corrected chi connectivity index (χ3v) is 11.6. The average Bonchev–Trinajstić information content (AvgIpc) is 3.39. The van der Waals surface area contributed by atoms with Crippen LogP contribution in [0.3, 0.4) is 0 Å². The maximum Gasteiger partial charge on any atom is 0.268 e. The zero-order valence-electron chi connectivity index (χ0n) is 24.0. The average molecular weight is 612 g/mol. The van der Waals surface area contributed by atoms with E-state index in [4.69, 9.17) is 4.74 Å². The molecule has 0 N–H and O–H groups in total. The summed E-state index contributed by atoms with van der Waals surface area (Å²) in [6.07, 6.45) is 4.39. The summed E-state index contributed by atoms with van der Waals surface area (Å²) in [5, 5.41) is 1.86. The third-order valence-electron chi connectivity index (χ3n) is 8.93. The standard InChI is InChI=1S/C32H38FN3O4S2/c1-2-3-4-6-23-8-11-25(12-9-23)42(38,39)35-20-26-27(21-35)28(26)22-36(32(37)31-7-5-18-41-31)24-10-13-30(29(33)19-24)34-14-16-40-17-15-34/h5,7-13,18-19,26-28H,2-4,6,14-17,20-22H2,1H3. The van der Waals surface area contributed by atoms with Crippen molar-refractivity contribution in [3.8, 4) is 0 Å². The number of carbonyl (C=O) groups excluding carboxylic acids is 1. The van der Waals surface area contributed by atoms with Crippen LogP contribution in [0.4, 0.5) is 15.8 Å². The van der Waals surface area contributed by atoms with Crippen molar-refractivity contribution < 1.29 is 22.3 Å². The Morgan fingerprint density at radius 3 is 2.43 bits per heavy atom. The van der Waals surface area contributed by atoms with Crippen molar-refractivity contribution >= 4 is 38.6 Å².